The second-order valence-electron chi connectivity index (χ2n) is 10.3. The topological polar surface area (TPSA) is 113 Å². The first-order chi connectivity index (χ1) is 20.6. The Morgan fingerprint density at radius 2 is 1.62 bits per heavy atom. The molecule has 42 heavy (non-hydrogen) atoms. The van der Waals surface area contributed by atoms with Gasteiger partial charge >= 0.3 is 6.03 Å². The standard InChI is InChI=1S/C33H32N8O/c1-3-4-14-30-36-31-22(2)19-26(35-33(42)34-25-10-6-5-7-11-25)20-29(31)41(30)21-23-15-17-24(18-16-23)27-12-8-9-13-28(27)32-37-39-40-38-32/h5-13,15-20H,3-4,14,21H2,1-2H3,(H2,34,35,42)(H,37,38,39,40). The number of aromatic nitrogens is 6. The number of para-hydroxylation sites is 1. The molecule has 0 spiro atoms. The number of amides is 2. The van der Waals surface area contributed by atoms with Gasteiger partial charge in [-0.2, -0.15) is 5.21 Å². The maximum absolute atomic E-state index is 12.7. The van der Waals surface area contributed by atoms with Crippen molar-refractivity contribution in [2.75, 3.05) is 10.6 Å². The monoisotopic (exact) mass is 556 g/mol. The van der Waals surface area contributed by atoms with Crippen LogP contribution in [0.4, 0.5) is 16.2 Å². The summed E-state index contributed by atoms with van der Waals surface area (Å²) in [4.78, 5) is 17.8. The second kappa shape index (κ2) is 12.1. The third kappa shape index (κ3) is 5.76. The van der Waals surface area contributed by atoms with Crippen molar-refractivity contribution in [1.82, 2.24) is 30.2 Å². The number of aromatic amines is 1. The highest BCUT2D eigenvalue weighted by molar-refractivity contribution is 6.01. The molecular weight excluding hydrogens is 524 g/mol. The number of urea groups is 1. The Balaban J connectivity index is 1.30. The van der Waals surface area contributed by atoms with Crippen LogP contribution in [0.2, 0.25) is 0 Å². The minimum absolute atomic E-state index is 0.283. The quantitative estimate of drug-likeness (QED) is 0.174. The van der Waals surface area contributed by atoms with Gasteiger partial charge in [-0.1, -0.05) is 80.1 Å². The summed E-state index contributed by atoms with van der Waals surface area (Å²) >= 11 is 0. The zero-order valence-electron chi connectivity index (χ0n) is 23.6. The summed E-state index contributed by atoms with van der Waals surface area (Å²) in [5, 5.41) is 20.5. The van der Waals surface area contributed by atoms with E-state index in [1.54, 1.807) is 0 Å². The van der Waals surface area contributed by atoms with E-state index in [0.29, 0.717) is 12.4 Å². The van der Waals surface area contributed by atoms with Gasteiger partial charge in [0.05, 0.1) is 11.0 Å². The Morgan fingerprint density at radius 1 is 0.881 bits per heavy atom. The summed E-state index contributed by atoms with van der Waals surface area (Å²) in [6.45, 7) is 4.90. The molecule has 0 radical (unpaired) electrons. The number of imidazole rings is 1. The van der Waals surface area contributed by atoms with Crippen molar-refractivity contribution in [1.29, 1.82) is 0 Å². The smallest absolute Gasteiger partial charge is 0.323 e. The molecule has 0 bridgehead atoms. The zero-order valence-corrected chi connectivity index (χ0v) is 23.6. The maximum atomic E-state index is 12.7. The molecule has 0 unspecified atom stereocenters. The lowest BCUT2D eigenvalue weighted by molar-refractivity contribution is 0.262. The summed E-state index contributed by atoms with van der Waals surface area (Å²) in [6, 6.07) is 29.7. The first kappa shape index (κ1) is 26.9. The van der Waals surface area contributed by atoms with Crippen molar-refractivity contribution in [3.05, 3.63) is 108 Å². The van der Waals surface area contributed by atoms with Crippen LogP contribution in [-0.4, -0.2) is 36.2 Å². The van der Waals surface area contributed by atoms with E-state index < -0.39 is 0 Å². The number of carbonyl (C=O) groups is 1. The molecule has 2 heterocycles. The molecule has 0 saturated carbocycles. The molecule has 0 aliphatic rings. The lowest BCUT2D eigenvalue weighted by Crippen LogP contribution is -2.19. The van der Waals surface area contributed by atoms with E-state index in [9.17, 15) is 4.79 Å². The molecule has 2 amide bonds. The van der Waals surface area contributed by atoms with E-state index >= 15 is 0 Å². The van der Waals surface area contributed by atoms with Crippen LogP contribution >= 0.6 is 0 Å². The largest absolute Gasteiger partial charge is 0.323 e. The number of aryl methyl sites for hydroxylation is 2. The molecular formula is C33H32N8O. The number of tetrazole rings is 1. The van der Waals surface area contributed by atoms with Gasteiger partial charge in [0.1, 0.15) is 5.82 Å². The highest BCUT2D eigenvalue weighted by Crippen LogP contribution is 2.31. The summed E-state index contributed by atoms with van der Waals surface area (Å²) < 4.78 is 2.28. The summed E-state index contributed by atoms with van der Waals surface area (Å²) in [5.41, 5.74) is 8.65. The number of fused-ring (bicyclic) bond motifs is 1. The predicted octanol–water partition coefficient (Wildman–Crippen LogP) is 7.23. The van der Waals surface area contributed by atoms with Crippen molar-refractivity contribution in [3.63, 3.8) is 0 Å². The van der Waals surface area contributed by atoms with Crippen LogP contribution in [0.25, 0.3) is 33.5 Å². The second-order valence-corrected chi connectivity index (χ2v) is 10.3. The van der Waals surface area contributed by atoms with Gasteiger partial charge in [0.2, 0.25) is 5.82 Å². The fraction of sp³-hybridized carbons (Fsp3) is 0.182. The van der Waals surface area contributed by atoms with E-state index in [2.05, 4.69) is 73.1 Å². The van der Waals surface area contributed by atoms with Gasteiger partial charge in [0, 0.05) is 29.9 Å². The Labute approximate surface area is 244 Å². The third-order valence-corrected chi connectivity index (χ3v) is 7.29. The average molecular weight is 557 g/mol. The first-order valence-corrected chi connectivity index (χ1v) is 14.1. The van der Waals surface area contributed by atoms with Crippen LogP contribution in [0.5, 0.6) is 0 Å². The summed E-state index contributed by atoms with van der Waals surface area (Å²) in [5.74, 6) is 1.62. The lowest BCUT2D eigenvalue weighted by Gasteiger charge is -2.13. The van der Waals surface area contributed by atoms with Crippen molar-refractivity contribution < 1.29 is 4.79 Å². The van der Waals surface area contributed by atoms with Crippen molar-refractivity contribution >= 4 is 28.4 Å². The third-order valence-electron chi connectivity index (χ3n) is 7.29. The summed E-state index contributed by atoms with van der Waals surface area (Å²) in [7, 11) is 0. The molecule has 0 saturated heterocycles. The van der Waals surface area contributed by atoms with Crippen molar-refractivity contribution in [3.8, 4) is 22.5 Å². The molecule has 9 nitrogen and oxygen atoms in total. The van der Waals surface area contributed by atoms with E-state index in [1.807, 2.05) is 67.6 Å². The number of rotatable bonds is 9. The molecule has 0 aliphatic heterocycles. The number of H-pyrrole nitrogens is 1. The van der Waals surface area contributed by atoms with Gasteiger partial charge in [-0.3, -0.25) is 0 Å². The number of carbonyl (C=O) groups excluding carboxylic acids is 1. The number of unbranched alkanes of at least 4 members (excludes halogenated alkanes) is 1. The zero-order chi connectivity index (χ0) is 28.9. The lowest BCUT2D eigenvalue weighted by atomic mass is 9.98. The Hall–Kier alpha value is -5.31. The fourth-order valence-electron chi connectivity index (χ4n) is 5.21. The van der Waals surface area contributed by atoms with Gasteiger partial charge in [-0.25, -0.2) is 9.78 Å². The highest BCUT2D eigenvalue weighted by Gasteiger charge is 2.16. The van der Waals surface area contributed by atoms with Crippen molar-refractivity contribution in [2.45, 2.75) is 39.7 Å². The fourth-order valence-corrected chi connectivity index (χ4v) is 5.21. The van der Waals surface area contributed by atoms with Gasteiger partial charge < -0.3 is 15.2 Å². The number of benzene rings is 4. The Morgan fingerprint density at radius 3 is 2.36 bits per heavy atom. The summed E-state index contributed by atoms with van der Waals surface area (Å²) in [6.07, 6.45) is 3.03. The van der Waals surface area contributed by atoms with Gasteiger partial charge in [-0.05, 0) is 65.1 Å². The molecule has 0 fully saturated rings. The van der Waals surface area contributed by atoms with E-state index in [-0.39, 0.29) is 6.03 Å². The Bertz CT molecular complexity index is 1810. The molecule has 0 aliphatic carbocycles. The molecule has 0 atom stereocenters. The number of nitrogens with zero attached hydrogens (tertiary/aromatic N) is 5. The van der Waals surface area contributed by atoms with Crippen LogP contribution in [0, 0.1) is 6.92 Å². The molecule has 3 N–H and O–H groups in total. The number of hydrogen-bond donors (Lipinski definition) is 3. The number of nitrogens with one attached hydrogen (secondary N) is 3. The van der Waals surface area contributed by atoms with Gasteiger partial charge in [0.25, 0.3) is 0 Å². The maximum Gasteiger partial charge on any atom is 0.323 e. The van der Waals surface area contributed by atoms with E-state index in [1.165, 1.54) is 0 Å². The highest BCUT2D eigenvalue weighted by atomic mass is 16.2. The van der Waals surface area contributed by atoms with E-state index in [4.69, 9.17) is 4.98 Å². The van der Waals surface area contributed by atoms with Crippen molar-refractivity contribution in [2.24, 2.45) is 0 Å². The molecule has 6 aromatic rings. The molecule has 210 valence electrons. The normalized spacial score (nSPS) is 11.1. The van der Waals surface area contributed by atoms with Gasteiger partial charge in [-0.15, -0.1) is 10.2 Å². The van der Waals surface area contributed by atoms with Crippen LogP contribution in [-0.2, 0) is 13.0 Å². The first-order valence-electron chi connectivity index (χ1n) is 14.1. The van der Waals surface area contributed by atoms with Crippen LogP contribution in [0.1, 0.15) is 36.7 Å². The Kier molecular flexibility index (Phi) is 7.72. The molecule has 6 rings (SSSR count). The average Bonchev–Trinajstić information content (AvgIpc) is 3.66. The van der Waals surface area contributed by atoms with Gasteiger partial charge in [0.15, 0.2) is 0 Å². The molecule has 4 aromatic carbocycles. The number of anilines is 2. The van der Waals surface area contributed by atoms with Crippen LogP contribution < -0.4 is 10.6 Å². The van der Waals surface area contributed by atoms with Crippen LogP contribution in [0.3, 0.4) is 0 Å². The SMILES string of the molecule is CCCCc1nc2c(C)cc(NC(=O)Nc3ccccc3)cc2n1Cc1ccc(-c2ccccc2-c2nn[nH]n2)cc1. The minimum atomic E-state index is -0.283. The van der Waals surface area contributed by atoms with E-state index in [0.717, 1.165) is 75.3 Å². The predicted molar refractivity (Wildman–Crippen MR) is 166 cm³/mol. The molecule has 9 heteroatoms. The molecule has 2 aromatic heterocycles. The minimum Gasteiger partial charge on any atom is -0.323 e. The number of hydrogen-bond acceptors (Lipinski definition) is 5. The van der Waals surface area contributed by atoms with Crippen LogP contribution in [0.15, 0.2) is 91.0 Å².